The molecule has 6 nitrogen and oxygen atoms in total. The van der Waals surface area contributed by atoms with Crippen LogP contribution in [0.15, 0.2) is 146 Å². The molecule has 61 heavy (non-hydrogen) atoms. The van der Waals surface area contributed by atoms with Crippen molar-refractivity contribution in [1.82, 2.24) is 0 Å². The molecule has 9 heteroatoms. The molecule has 2 heterocycles. The first kappa shape index (κ1) is 44.8. The molecule has 5 aromatic carbocycles. The quantitative estimate of drug-likeness (QED) is 0.0852. The van der Waals surface area contributed by atoms with Gasteiger partial charge in [0.15, 0.2) is 8.32 Å². The lowest BCUT2D eigenvalue weighted by atomic mass is 9.85. The number of aryl methyl sites for hydroxylation is 1. The van der Waals surface area contributed by atoms with Crippen LogP contribution in [0.5, 0.6) is 0 Å². The van der Waals surface area contributed by atoms with E-state index in [4.69, 9.17) is 28.1 Å². The fourth-order valence-corrected chi connectivity index (χ4v) is 9.55. The SMILES string of the molecule is CO[C@@]1(c2ccc(C)c(Cc3ccc(-c4ccc(F)cc4)s3)c2)O[C@H](CO[Si](C)(C)C(C)(C)C)[C@@H](OCc2ccccc2)C(OCc2ccccc2)[C@H]1OCc1ccccc1. The van der Waals surface area contributed by atoms with Gasteiger partial charge in [-0.05, 0) is 88.8 Å². The normalized spacial score (nSPS) is 20.8. The summed E-state index contributed by atoms with van der Waals surface area (Å²) in [7, 11) is -0.569. The molecule has 1 fully saturated rings. The number of benzene rings is 5. The summed E-state index contributed by atoms with van der Waals surface area (Å²) < 4.78 is 56.1. The van der Waals surface area contributed by atoms with Crippen molar-refractivity contribution >= 4 is 19.7 Å². The van der Waals surface area contributed by atoms with Gasteiger partial charge in [-0.3, -0.25) is 0 Å². The van der Waals surface area contributed by atoms with Gasteiger partial charge < -0.3 is 28.1 Å². The first-order chi connectivity index (χ1) is 29.3. The lowest BCUT2D eigenvalue weighted by Crippen LogP contribution is -2.66. The van der Waals surface area contributed by atoms with Gasteiger partial charge in [-0.2, -0.15) is 0 Å². The third kappa shape index (κ3) is 10.8. The van der Waals surface area contributed by atoms with E-state index in [0.717, 1.165) is 43.8 Å². The molecular formula is C52H59FO6SSi. The lowest BCUT2D eigenvalue weighted by molar-refractivity contribution is -0.384. The zero-order valence-corrected chi connectivity index (χ0v) is 38.3. The average Bonchev–Trinajstić information content (AvgIpc) is 3.73. The number of thiophene rings is 1. The van der Waals surface area contributed by atoms with E-state index < -0.39 is 38.5 Å². The summed E-state index contributed by atoms with van der Waals surface area (Å²) in [6.07, 6.45) is -1.95. The molecule has 6 aromatic rings. The molecule has 0 N–H and O–H groups in total. The first-order valence-corrected chi connectivity index (χ1v) is 24.9. The highest BCUT2D eigenvalue weighted by Gasteiger charge is 2.59. The molecule has 0 aliphatic carbocycles. The van der Waals surface area contributed by atoms with Crippen LogP contribution in [0.25, 0.3) is 10.4 Å². The van der Waals surface area contributed by atoms with Crippen molar-refractivity contribution in [3.63, 3.8) is 0 Å². The van der Waals surface area contributed by atoms with Crippen molar-refractivity contribution in [3.05, 3.63) is 190 Å². The molecular weight excluding hydrogens is 800 g/mol. The van der Waals surface area contributed by atoms with Gasteiger partial charge in [0.05, 0.1) is 26.4 Å². The van der Waals surface area contributed by atoms with E-state index in [2.05, 4.69) is 108 Å². The van der Waals surface area contributed by atoms with E-state index in [0.29, 0.717) is 26.2 Å². The topological polar surface area (TPSA) is 55.4 Å². The molecule has 0 spiro atoms. The molecule has 1 aromatic heterocycles. The number of rotatable bonds is 17. The second-order valence-corrected chi connectivity index (χ2v) is 23.4. The fourth-order valence-electron chi connectivity index (χ4n) is 7.50. The highest BCUT2D eigenvalue weighted by molar-refractivity contribution is 7.15. The van der Waals surface area contributed by atoms with Crippen molar-refractivity contribution in [2.75, 3.05) is 13.7 Å². The molecule has 1 saturated heterocycles. The maximum Gasteiger partial charge on any atom is 0.225 e. The van der Waals surface area contributed by atoms with Gasteiger partial charge in [0.2, 0.25) is 5.79 Å². The maximum absolute atomic E-state index is 13.7. The Bertz CT molecular complexity index is 2280. The summed E-state index contributed by atoms with van der Waals surface area (Å²) in [5.74, 6) is -1.67. The fraction of sp³-hybridized carbons (Fsp3) is 0.346. The Morgan fingerprint density at radius 3 is 1.80 bits per heavy atom. The molecule has 0 amide bonds. The lowest BCUT2D eigenvalue weighted by Gasteiger charge is -2.52. The van der Waals surface area contributed by atoms with Crippen molar-refractivity contribution in [2.45, 2.75) is 102 Å². The Labute approximate surface area is 366 Å². The van der Waals surface area contributed by atoms with Gasteiger partial charge in [-0.1, -0.05) is 136 Å². The summed E-state index contributed by atoms with van der Waals surface area (Å²) in [5.41, 5.74) is 7.16. The molecule has 7 rings (SSSR count). The van der Waals surface area contributed by atoms with Gasteiger partial charge in [0, 0.05) is 28.8 Å². The largest absolute Gasteiger partial charge is 0.414 e. The van der Waals surface area contributed by atoms with Crippen LogP contribution in [0.2, 0.25) is 18.1 Å². The monoisotopic (exact) mass is 858 g/mol. The second kappa shape index (κ2) is 19.8. The Kier molecular flexibility index (Phi) is 14.5. The van der Waals surface area contributed by atoms with Crippen molar-refractivity contribution in [2.24, 2.45) is 0 Å². The van der Waals surface area contributed by atoms with Gasteiger partial charge in [0.25, 0.3) is 0 Å². The maximum atomic E-state index is 13.7. The van der Waals surface area contributed by atoms with E-state index in [1.165, 1.54) is 17.0 Å². The zero-order chi connectivity index (χ0) is 43.0. The predicted molar refractivity (Wildman–Crippen MR) is 245 cm³/mol. The highest BCUT2D eigenvalue weighted by Crippen LogP contribution is 2.46. The summed E-state index contributed by atoms with van der Waals surface area (Å²) in [6, 6.07) is 47.9. The summed E-state index contributed by atoms with van der Waals surface area (Å²) in [5, 5.41) is -0.0326. The van der Waals surface area contributed by atoms with E-state index in [9.17, 15) is 4.39 Å². The van der Waals surface area contributed by atoms with E-state index >= 15 is 0 Å². The van der Waals surface area contributed by atoms with Gasteiger partial charge >= 0.3 is 0 Å². The van der Waals surface area contributed by atoms with E-state index in [-0.39, 0.29) is 17.5 Å². The molecule has 1 unspecified atom stereocenters. The van der Waals surface area contributed by atoms with E-state index in [1.807, 2.05) is 66.7 Å². The number of hydrogen-bond acceptors (Lipinski definition) is 7. The zero-order valence-electron chi connectivity index (χ0n) is 36.4. The number of ether oxygens (including phenoxy) is 5. The number of methoxy groups -OCH3 is 1. The predicted octanol–water partition coefficient (Wildman–Crippen LogP) is 12.4. The molecule has 5 atom stereocenters. The molecule has 0 radical (unpaired) electrons. The van der Waals surface area contributed by atoms with Crippen LogP contribution in [0.4, 0.5) is 4.39 Å². The van der Waals surface area contributed by atoms with Gasteiger partial charge in [0.1, 0.15) is 30.2 Å². The molecule has 0 bridgehead atoms. The van der Waals surface area contributed by atoms with Crippen LogP contribution < -0.4 is 0 Å². The summed E-state index contributed by atoms with van der Waals surface area (Å²) >= 11 is 1.71. The van der Waals surface area contributed by atoms with E-state index in [1.54, 1.807) is 18.4 Å². The Morgan fingerprint density at radius 2 is 1.25 bits per heavy atom. The van der Waals surface area contributed by atoms with Crippen LogP contribution >= 0.6 is 11.3 Å². The molecule has 1 aliphatic rings. The summed E-state index contributed by atoms with van der Waals surface area (Å²) in [6.45, 7) is 14.6. The average molecular weight is 859 g/mol. The summed E-state index contributed by atoms with van der Waals surface area (Å²) in [4.78, 5) is 2.28. The second-order valence-electron chi connectivity index (χ2n) is 17.4. The van der Waals surface area contributed by atoms with Gasteiger partial charge in [-0.15, -0.1) is 11.3 Å². The van der Waals surface area contributed by atoms with Crippen molar-refractivity contribution in [1.29, 1.82) is 0 Å². The van der Waals surface area contributed by atoms with Crippen molar-refractivity contribution < 1.29 is 32.5 Å². The minimum atomic E-state index is -2.26. The Balaban J connectivity index is 1.32. The van der Waals surface area contributed by atoms with Crippen LogP contribution in [0.1, 0.15) is 59.0 Å². The number of halogens is 1. The van der Waals surface area contributed by atoms with Crippen LogP contribution in [-0.2, 0) is 60.1 Å². The third-order valence-corrected chi connectivity index (χ3v) is 17.8. The van der Waals surface area contributed by atoms with Crippen LogP contribution in [-0.4, -0.2) is 46.4 Å². The molecule has 0 saturated carbocycles. The minimum absolute atomic E-state index is 0.0326. The smallest absolute Gasteiger partial charge is 0.225 e. The highest BCUT2D eigenvalue weighted by atomic mass is 32.1. The standard InChI is InChI=1S/C52H59FO6SSi/c1-37-23-26-43(31-42(37)32-45-29-30-47(60-45)41-24-27-44(53)28-25-41)52(54-5)50(57-35-40-21-15-10-16-22-40)49(56-34-39-19-13-9-14-20-39)48(55-33-38-17-11-8-12-18-38)46(59-52)36-58-61(6,7)51(2,3)4/h8-31,46,48-50H,32-36H2,1-7H3/t46-,48-,49?,50-,52+/m1/s1. The number of hydrogen-bond donors (Lipinski definition) is 0. The molecule has 1 aliphatic heterocycles. The van der Waals surface area contributed by atoms with Crippen molar-refractivity contribution in [3.8, 4) is 10.4 Å². The minimum Gasteiger partial charge on any atom is -0.414 e. The Hall–Kier alpha value is -4.29. The van der Waals surface area contributed by atoms with Gasteiger partial charge in [-0.25, -0.2) is 4.39 Å². The molecule has 320 valence electrons. The first-order valence-electron chi connectivity index (χ1n) is 21.1. The Morgan fingerprint density at radius 1 is 0.689 bits per heavy atom. The third-order valence-electron chi connectivity index (χ3n) is 12.2. The van der Waals surface area contributed by atoms with Crippen LogP contribution in [0.3, 0.4) is 0 Å². The van der Waals surface area contributed by atoms with Crippen LogP contribution in [0, 0.1) is 12.7 Å².